The molecule has 1 unspecified atom stereocenters. The van der Waals surface area contributed by atoms with Gasteiger partial charge in [-0.25, -0.2) is 4.79 Å². The van der Waals surface area contributed by atoms with Crippen molar-refractivity contribution < 1.29 is 62.2 Å². The number of ether oxygens (including phenoxy) is 7. The Morgan fingerprint density at radius 1 is 0.818 bits per heavy atom. The van der Waals surface area contributed by atoms with Crippen molar-refractivity contribution in [3.05, 3.63) is 48.0 Å². The van der Waals surface area contributed by atoms with E-state index in [2.05, 4.69) is 0 Å². The molecule has 1 aliphatic heterocycles. The number of hydrogen-bond acceptors (Lipinski definition) is 12. The average molecular weight is 617 g/mol. The highest BCUT2D eigenvalue weighted by Crippen LogP contribution is 2.38. The second-order valence-electron chi connectivity index (χ2n) is 10.0. The minimum Gasteiger partial charge on any atom is -0.479 e. The summed E-state index contributed by atoms with van der Waals surface area (Å²) in [5.74, 6) is -3.45. The average Bonchev–Trinajstić information content (AvgIpc) is 2.94. The molecule has 0 aromatic heterocycles. The topological polar surface area (TPSA) is 170 Å². The van der Waals surface area contributed by atoms with Gasteiger partial charge in [-0.15, -0.1) is 0 Å². The Labute approximate surface area is 254 Å². The smallest absolute Gasteiger partial charge is 0.344 e. The van der Waals surface area contributed by atoms with Gasteiger partial charge in [0.25, 0.3) is 0 Å². The van der Waals surface area contributed by atoms with Crippen LogP contribution >= 0.6 is 0 Å². The first-order valence-electron chi connectivity index (χ1n) is 13.9. The third-order valence-electron chi connectivity index (χ3n) is 6.50. The summed E-state index contributed by atoms with van der Waals surface area (Å²) in [4.78, 5) is 59.5. The summed E-state index contributed by atoms with van der Waals surface area (Å²) >= 11 is 0. The van der Waals surface area contributed by atoms with Crippen molar-refractivity contribution in [2.45, 2.75) is 84.8 Å². The van der Waals surface area contributed by atoms with Crippen LogP contribution in [0.4, 0.5) is 0 Å². The van der Waals surface area contributed by atoms with Crippen LogP contribution in [0.2, 0.25) is 0 Å². The number of hydrogen-bond donors (Lipinski definition) is 1. The molecule has 0 radical (unpaired) electrons. The van der Waals surface area contributed by atoms with E-state index >= 15 is 0 Å². The van der Waals surface area contributed by atoms with E-state index in [4.69, 9.17) is 33.2 Å². The molecule has 238 valence electrons. The van der Waals surface area contributed by atoms with Gasteiger partial charge in [0, 0.05) is 33.3 Å². The molecule has 6 atom stereocenters. The van der Waals surface area contributed by atoms with E-state index in [0.717, 1.165) is 26.3 Å². The van der Waals surface area contributed by atoms with Crippen molar-refractivity contribution >= 4 is 29.8 Å². The van der Waals surface area contributed by atoms with E-state index in [9.17, 15) is 29.1 Å². The van der Waals surface area contributed by atoms with Crippen LogP contribution in [0.25, 0.3) is 11.1 Å². The van der Waals surface area contributed by atoms with Gasteiger partial charge in [0.2, 0.25) is 12.4 Å². The number of rotatable bonds is 12. The van der Waals surface area contributed by atoms with Crippen LogP contribution in [0, 0.1) is 6.92 Å². The van der Waals surface area contributed by atoms with Crippen molar-refractivity contribution in [3.63, 3.8) is 0 Å². The predicted octanol–water partition coefficient (Wildman–Crippen LogP) is 3.37. The third-order valence-corrected chi connectivity index (χ3v) is 6.50. The molecule has 44 heavy (non-hydrogen) atoms. The molecular formula is C31H36O13. The fourth-order valence-corrected chi connectivity index (χ4v) is 4.64. The molecule has 1 heterocycles. The summed E-state index contributed by atoms with van der Waals surface area (Å²) in [5, 5.41) is 9.44. The molecule has 0 amide bonds. The van der Waals surface area contributed by atoms with Gasteiger partial charge >= 0.3 is 29.8 Å². The lowest BCUT2D eigenvalue weighted by atomic mass is 9.97. The van der Waals surface area contributed by atoms with E-state index < -0.39 is 73.3 Å². The van der Waals surface area contributed by atoms with E-state index in [0.29, 0.717) is 16.9 Å². The van der Waals surface area contributed by atoms with Gasteiger partial charge in [-0.3, -0.25) is 19.2 Å². The maximum absolute atomic E-state index is 12.2. The molecule has 0 bridgehead atoms. The van der Waals surface area contributed by atoms with Crippen molar-refractivity contribution in [2.75, 3.05) is 6.61 Å². The summed E-state index contributed by atoms with van der Waals surface area (Å²) < 4.78 is 39.6. The molecule has 1 fully saturated rings. The Morgan fingerprint density at radius 2 is 1.43 bits per heavy atom. The van der Waals surface area contributed by atoms with Gasteiger partial charge in [0.05, 0.1) is 0 Å². The van der Waals surface area contributed by atoms with Crippen molar-refractivity contribution in [1.29, 1.82) is 0 Å². The monoisotopic (exact) mass is 616 g/mol. The minimum atomic E-state index is -1.44. The molecule has 0 spiro atoms. The number of carboxylic acid groups (broad SMARTS) is 1. The zero-order chi connectivity index (χ0) is 32.6. The molecule has 0 saturated carbocycles. The zero-order valence-electron chi connectivity index (χ0n) is 25.3. The summed E-state index contributed by atoms with van der Waals surface area (Å²) in [5.41, 5.74) is 1.99. The molecule has 3 rings (SSSR count). The van der Waals surface area contributed by atoms with Crippen LogP contribution in [-0.2, 0) is 47.7 Å². The van der Waals surface area contributed by atoms with Crippen molar-refractivity contribution in [3.8, 4) is 22.6 Å². The minimum absolute atomic E-state index is 0.249. The van der Waals surface area contributed by atoms with E-state index in [1.165, 1.54) is 6.92 Å². The highest BCUT2D eigenvalue weighted by atomic mass is 16.7. The summed E-state index contributed by atoms with van der Waals surface area (Å²) in [6.07, 6.45) is -7.56. The number of carboxylic acids is 1. The Balaban J connectivity index is 2.07. The lowest BCUT2D eigenvalue weighted by Gasteiger charge is -2.44. The predicted molar refractivity (Wildman–Crippen MR) is 152 cm³/mol. The van der Waals surface area contributed by atoms with E-state index in [1.54, 1.807) is 49.4 Å². The summed E-state index contributed by atoms with van der Waals surface area (Å²) in [7, 11) is 0. The van der Waals surface area contributed by atoms with Gasteiger partial charge in [0.1, 0.15) is 24.2 Å². The maximum Gasteiger partial charge on any atom is 0.344 e. The number of carbonyl (C=O) groups is 5. The first kappa shape index (κ1) is 33.8. The normalized spacial score (nSPS) is 21.7. The number of aliphatic carboxylic acids is 1. The van der Waals surface area contributed by atoms with Crippen LogP contribution in [0.15, 0.2) is 42.5 Å². The summed E-state index contributed by atoms with van der Waals surface area (Å²) in [6.45, 7) is 7.72. The molecule has 2 aromatic carbocycles. The van der Waals surface area contributed by atoms with Crippen molar-refractivity contribution in [2.24, 2.45) is 0 Å². The Bertz CT molecular complexity index is 1370. The number of benzene rings is 2. The Kier molecular flexibility index (Phi) is 11.7. The number of esters is 4. The molecule has 2 aromatic rings. The highest BCUT2D eigenvalue weighted by molar-refractivity contribution is 5.76. The van der Waals surface area contributed by atoms with Gasteiger partial charge in [-0.2, -0.15) is 0 Å². The first-order valence-corrected chi connectivity index (χ1v) is 13.9. The zero-order valence-corrected chi connectivity index (χ0v) is 25.3. The van der Waals surface area contributed by atoms with Gasteiger partial charge < -0.3 is 38.3 Å². The van der Waals surface area contributed by atoms with Crippen LogP contribution in [0.5, 0.6) is 11.5 Å². The highest BCUT2D eigenvalue weighted by Gasteiger charge is 2.53. The van der Waals surface area contributed by atoms with Crippen LogP contribution in [-0.4, -0.2) is 78.4 Å². The molecule has 13 heteroatoms. The number of para-hydroxylation sites is 1. The van der Waals surface area contributed by atoms with Crippen LogP contribution in [0.1, 0.15) is 46.6 Å². The molecular weight excluding hydrogens is 580 g/mol. The molecule has 1 aliphatic rings. The second-order valence-corrected chi connectivity index (χ2v) is 10.0. The van der Waals surface area contributed by atoms with Gasteiger partial charge in [0.15, 0.2) is 18.3 Å². The van der Waals surface area contributed by atoms with E-state index in [-0.39, 0.29) is 12.2 Å². The second kappa shape index (κ2) is 15.2. The first-order chi connectivity index (χ1) is 20.8. The molecule has 13 nitrogen and oxygen atoms in total. The SMILES string of the molecule is CCC(Oc1ccc(C)c(-c2ccccc2O[C@H]2O[C@H](COC(C)=O)[C@@H](OC(C)=O)[C@H](OC(C)=O)[C@@H]2OC(C)=O)c1)C(=O)O. The molecule has 1 saturated heterocycles. The van der Waals surface area contributed by atoms with Crippen LogP contribution in [0.3, 0.4) is 0 Å². The Morgan fingerprint density at radius 3 is 2.02 bits per heavy atom. The maximum atomic E-state index is 12.2. The van der Waals surface area contributed by atoms with Gasteiger partial charge in [-0.1, -0.05) is 31.2 Å². The fourth-order valence-electron chi connectivity index (χ4n) is 4.64. The quantitative estimate of drug-likeness (QED) is 0.272. The lowest BCUT2D eigenvalue weighted by Crippen LogP contribution is -2.63. The van der Waals surface area contributed by atoms with Crippen LogP contribution < -0.4 is 9.47 Å². The fraction of sp³-hybridized carbons (Fsp3) is 0.452. The number of carbonyl (C=O) groups excluding carboxylic acids is 4. The van der Waals surface area contributed by atoms with Gasteiger partial charge in [-0.05, 0) is 42.7 Å². The molecule has 1 N–H and O–H groups in total. The van der Waals surface area contributed by atoms with E-state index in [1.807, 2.05) is 6.92 Å². The summed E-state index contributed by atoms with van der Waals surface area (Å²) in [6, 6.07) is 11.9. The standard InChI is InChI=1S/C31H36O13/c1-7-24(30(36)37)42-21-13-12-16(2)23(14-21)22-10-8-9-11-25(22)43-31-29(41-20(6)35)28(40-19(5)34)27(39-18(4)33)26(44-31)15-38-17(3)32/h8-14,24,26-29,31H,7,15H2,1-6H3,(H,36,37)/t24?,26-,27-,28+,29+,31+/m1/s1. The molecule has 0 aliphatic carbocycles. The largest absolute Gasteiger partial charge is 0.479 e. The third kappa shape index (κ3) is 8.93. The number of aryl methyl sites for hydroxylation is 1. The van der Waals surface area contributed by atoms with Crippen molar-refractivity contribution in [1.82, 2.24) is 0 Å². The lowest BCUT2D eigenvalue weighted by molar-refractivity contribution is -0.288. The Hall–Kier alpha value is -4.65.